The minimum Gasteiger partial charge on any atom is -0.388 e. The van der Waals surface area contributed by atoms with Gasteiger partial charge in [0.2, 0.25) is 0 Å². The Morgan fingerprint density at radius 2 is 1.79 bits per heavy atom. The van der Waals surface area contributed by atoms with Gasteiger partial charge in [0, 0.05) is 15.9 Å². The van der Waals surface area contributed by atoms with Crippen LogP contribution < -0.4 is 0 Å². The maximum atomic E-state index is 13.5. The van der Waals surface area contributed by atoms with Crippen LogP contribution in [0.2, 0.25) is 0 Å². The molecule has 1 nitrogen and oxygen atoms in total. The van der Waals surface area contributed by atoms with Crippen LogP contribution in [0.3, 0.4) is 0 Å². The summed E-state index contributed by atoms with van der Waals surface area (Å²) in [6, 6.07) is 10.8. The maximum Gasteiger partial charge on any atom is 0.140 e. The van der Waals surface area contributed by atoms with Crippen molar-refractivity contribution in [1.29, 1.82) is 0 Å². The van der Waals surface area contributed by atoms with Crippen molar-refractivity contribution >= 4 is 11.8 Å². The van der Waals surface area contributed by atoms with Crippen molar-refractivity contribution in [2.75, 3.05) is 0 Å². The van der Waals surface area contributed by atoms with Crippen LogP contribution in [0.5, 0.6) is 0 Å². The van der Waals surface area contributed by atoms with Crippen molar-refractivity contribution in [3.05, 3.63) is 59.7 Å². The van der Waals surface area contributed by atoms with E-state index in [4.69, 9.17) is 0 Å². The zero-order valence-corrected chi connectivity index (χ0v) is 11.3. The number of aliphatic hydroxyl groups excluding tert-OH is 1. The van der Waals surface area contributed by atoms with E-state index in [0.29, 0.717) is 11.3 Å². The Hall–Kier alpha value is -1.39. The fourth-order valence-corrected chi connectivity index (χ4v) is 2.50. The highest BCUT2D eigenvalue weighted by molar-refractivity contribution is 7.99. The van der Waals surface area contributed by atoms with Gasteiger partial charge >= 0.3 is 0 Å². The van der Waals surface area contributed by atoms with Gasteiger partial charge in [-0.15, -0.1) is 0 Å². The van der Waals surface area contributed by atoms with Gasteiger partial charge in [0.05, 0.1) is 6.10 Å². The highest BCUT2D eigenvalue weighted by Gasteiger charge is 2.07. The molecule has 0 amide bonds. The molecule has 0 spiro atoms. The van der Waals surface area contributed by atoms with Crippen LogP contribution in [0.15, 0.2) is 52.3 Å². The average Bonchev–Trinajstić information content (AvgIpc) is 2.42. The van der Waals surface area contributed by atoms with Crippen LogP contribution in [0.1, 0.15) is 25.0 Å². The summed E-state index contributed by atoms with van der Waals surface area (Å²) in [5, 5.41) is 9.68. The van der Waals surface area contributed by atoms with E-state index in [1.807, 2.05) is 31.2 Å². The SMILES string of the molecule is CCC(O)c1ccc(Sc2ccc(F)cc2F)cc1. The van der Waals surface area contributed by atoms with Crippen molar-refractivity contribution in [1.82, 2.24) is 0 Å². The van der Waals surface area contributed by atoms with Crippen LogP contribution in [-0.4, -0.2) is 5.11 Å². The Kier molecular flexibility index (Phi) is 4.56. The van der Waals surface area contributed by atoms with E-state index >= 15 is 0 Å². The molecule has 1 atom stereocenters. The Morgan fingerprint density at radius 3 is 2.37 bits per heavy atom. The number of benzene rings is 2. The van der Waals surface area contributed by atoms with Crippen molar-refractivity contribution in [2.24, 2.45) is 0 Å². The molecule has 2 rings (SSSR count). The molecule has 0 aliphatic rings. The van der Waals surface area contributed by atoms with Gasteiger partial charge in [0.1, 0.15) is 11.6 Å². The smallest absolute Gasteiger partial charge is 0.140 e. The lowest BCUT2D eigenvalue weighted by Gasteiger charge is -2.09. The molecule has 0 saturated carbocycles. The molecule has 0 aliphatic carbocycles. The summed E-state index contributed by atoms with van der Waals surface area (Å²) in [7, 11) is 0. The monoisotopic (exact) mass is 280 g/mol. The zero-order valence-electron chi connectivity index (χ0n) is 10.4. The molecular weight excluding hydrogens is 266 g/mol. The second-order valence-electron chi connectivity index (χ2n) is 4.17. The van der Waals surface area contributed by atoms with Crippen LogP contribution in [0.25, 0.3) is 0 Å². The minimum absolute atomic E-state index is 0.380. The normalized spacial score (nSPS) is 12.4. The summed E-state index contributed by atoms with van der Waals surface area (Å²) in [6.07, 6.45) is 0.181. The van der Waals surface area contributed by atoms with E-state index < -0.39 is 17.7 Å². The van der Waals surface area contributed by atoms with E-state index in [9.17, 15) is 13.9 Å². The van der Waals surface area contributed by atoms with Crippen LogP contribution in [-0.2, 0) is 0 Å². The van der Waals surface area contributed by atoms with E-state index in [2.05, 4.69) is 0 Å². The predicted octanol–water partition coefficient (Wildman–Crippen LogP) is 4.56. The second-order valence-corrected chi connectivity index (χ2v) is 5.29. The van der Waals surface area contributed by atoms with Crippen molar-refractivity contribution in [3.8, 4) is 0 Å². The molecule has 0 saturated heterocycles. The lowest BCUT2D eigenvalue weighted by molar-refractivity contribution is 0.173. The summed E-state index contributed by atoms with van der Waals surface area (Å²) in [5.41, 5.74) is 0.839. The largest absolute Gasteiger partial charge is 0.388 e. The predicted molar refractivity (Wildman–Crippen MR) is 72.2 cm³/mol. The quantitative estimate of drug-likeness (QED) is 0.886. The lowest BCUT2D eigenvalue weighted by atomic mass is 10.1. The zero-order chi connectivity index (χ0) is 13.8. The fourth-order valence-electron chi connectivity index (χ4n) is 1.68. The molecule has 4 heteroatoms. The van der Waals surface area contributed by atoms with Crippen molar-refractivity contribution in [3.63, 3.8) is 0 Å². The first kappa shape index (κ1) is 14.0. The Bertz CT molecular complexity index is 555. The molecule has 2 aromatic carbocycles. The molecule has 100 valence electrons. The number of hydrogen-bond acceptors (Lipinski definition) is 2. The second kappa shape index (κ2) is 6.17. The molecule has 0 radical (unpaired) electrons. The number of halogens is 2. The molecule has 0 heterocycles. The lowest BCUT2D eigenvalue weighted by Crippen LogP contribution is -1.94. The first-order valence-corrected chi connectivity index (χ1v) is 6.82. The van der Waals surface area contributed by atoms with Crippen LogP contribution in [0, 0.1) is 11.6 Å². The number of aliphatic hydroxyl groups is 1. The maximum absolute atomic E-state index is 13.5. The molecule has 0 fully saturated rings. The van der Waals surface area contributed by atoms with Gasteiger partial charge in [0.15, 0.2) is 0 Å². The number of rotatable bonds is 4. The topological polar surface area (TPSA) is 20.2 Å². The van der Waals surface area contributed by atoms with Gasteiger partial charge in [0.25, 0.3) is 0 Å². The van der Waals surface area contributed by atoms with E-state index in [1.54, 1.807) is 0 Å². The molecule has 2 aromatic rings. The first-order valence-electron chi connectivity index (χ1n) is 6.01. The third kappa shape index (κ3) is 3.55. The summed E-state index contributed by atoms with van der Waals surface area (Å²) in [6.45, 7) is 1.90. The standard InChI is InChI=1S/C15H14F2OS/c1-2-14(18)10-3-6-12(7-4-10)19-15-8-5-11(16)9-13(15)17/h3-9,14,18H,2H2,1H3. The summed E-state index contributed by atoms with van der Waals surface area (Å²) in [5.74, 6) is -1.15. The van der Waals surface area contributed by atoms with E-state index in [0.717, 1.165) is 16.5 Å². The van der Waals surface area contributed by atoms with Gasteiger partial charge in [-0.1, -0.05) is 30.8 Å². The Labute approximate surface area is 115 Å². The van der Waals surface area contributed by atoms with E-state index in [-0.39, 0.29) is 0 Å². The molecule has 1 unspecified atom stereocenters. The van der Waals surface area contributed by atoms with Gasteiger partial charge in [-0.3, -0.25) is 0 Å². The minimum atomic E-state index is -0.580. The van der Waals surface area contributed by atoms with Gasteiger partial charge in [-0.2, -0.15) is 0 Å². The Balaban J connectivity index is 2.15. The van der Waals surface area contributed by atoms with Gasteiger partial charge < -0.3 is 5.11 Å². The number of hydrogen-bond donors (Lipinski definition) is 1. The van der Waals surface area contributed by atoms with Gasteiger partial charge in [-0.25, -0.2) is 8.78 Å². The molecule has 0 aliphatic heterocycles. The molecule has 19 heavy (non-hydrogen) atoms. The van der Waals surface area contributed by atoms with Crippen LogP contribution in [0.4, 0.5) is 8.78 Å². The Morgan fingerprint density at radius 1 is 1.11 bits per heavy atom. The van der Waals surface area contributed by atoms with E-state index in [1.165, 1.54) is 23.9 Å². The average molecular weight is 280 g/mol. The molecular formula is C15H14F2OS. The van der Waals surface area contributed by atoms with Crippen molar-refractivity contribution < 1.29 is 13.9 Å². The summed E-state index contributed by atoms with van der Waals surface area (Å²) < 4.78 is 26.3. The molecule has 0 aromatic heterocycles. The third-order valence-electron chi connectivity index (χ3n) is 2.77. The highest BCUT2D eigenvalue weighted by Crippen LogP contribution is 2.31. The summed E-state index contributed by atoms with van der Waals surface area (Å²) in [4.78, 5) is 1.22. The molecule has 0 bridgehead atoms. The van der Waals surface area contributed by atoms with Crippen molar-refractivity contribution in [2.45, 2.75) is 29.2 Å². The van der Waals surface area contributed by atoms with Gasteiger partial charge in [-0.05, 0) is 36.2 Å². The summed E-state index contributed by atoms with van der Waals surface area (Å²) >= 11 is 1.23. The highest BCUT2D eigenvalue weighted by atomic mass is 32.2. The fraction of sp³-hybridized carbons (Fsp3) is 0.200. The third-order valence-corrected chi connectivity index (χ3v) is 3.83. The van der Waals surface area contributed by atoms with Crippen LogP contribution >= 0.6 is 11.8 Å². The molecule has 1 N–H and O–H groups in total. The first-order chi connectivity index (χ1) is 9.10.